The van der Waals surface area contributed by atoms with Crippen LogP contribution in [0.25, 0.3) is 0 Å². The van der Waals surface area contributed by atoms with Crippen LogP contribution in [0.1, 0.15) is 31.9 Å². The van der Waals surface area contributed by atoms with Crippen molar-refractivity contribution in [2.24, 2.45) is 5.73 Å². The van der Waals surface area contributed by atoms with Gasteiger partial charge < -0.3 is 5.73 Å². The molecular weight excluding hydrogens is 248 g/mol. The molecule has 1 aromatic carbocycles. The van der Waals surface area contributed by atoms with Crippen LogP contribution in [-0.2, 0) is 23.1 Å². The molecule has 0 spiro atoms. The fraction of sp³-hybridized carbons (Fsp3) is 0.538. The maximum atomic E-state index is 12.2. The van der Waals surface area contributed by atoms with Gasteiger partial charge in [0, 0.05) is 19.6 Å². The molecule has 5 heteroatoms. The zero-order chi connectivity index (χ0) is 13.8. The summed E-state index contributed by atoms with van der Waals surface area (Å²) in [6.45, 7) is 6.55. The normalized spacial score (nSPS) is 12.3. The second kappa shape index (κ2) is 6.31. The van der Waals surface area contributed by atoms with E-state index in [1.165, 1.54) is 4.31 Å². The van der Waals surface area contributed by atoms with Crippen molar-refractivity contribution < 1.29 is 8.42 Å². The predicted octanol–water partition coefficient (Wildman–Crippen LogP) is 1.71. The minimum absolute atomic E-state index is 0.393. The highest BCUT2D eigenvalue weighted by Crippen LogP contribution is 2.16. The Morgan fingerprint density at radius 3 is 2.22 bits per heavy atom. The van der Waals surface area contributed by atoms with Gasteiger partial charge in [-0.3, -0.25) is 0 Å². The Labute approximate surface area is 110 Å². The second-order valence-electron chi connectivity index (χ2n) is 4.49. The van der Waals surface area contributed by atoms with E-state index in [0.29, 0.717) is 19.6 Å². The Bertz CT molecular complexity index is 484. The fourth-order valence-electron chi connectivity index (χ4n) is 1.78. The molecule has 102 valence electrons. The van der Waals surface area contributed by atoms with E-state index in [4.69, 9.17) is 5.73 Å². The van der Waals surface area contributed by atoms with Gasteiger partial charge in [0.2, 0.25) is 10.0 Å². The maximum Gasteiger partial charge on any atom is 0.216 e. The lowest BCUT2D eigenvalue weighted by Crippen LogP contribution is -2.36. The summed E-state index contributed by atoms with van der Waals surface area (Å²) in [6.07, 6.45) is 0. The van der Waals surface area contributed by atoms with E-state index >= 15 is 0 Å². The molecule has 0 saturated carbocycles. The molecule has 0 atom stereocenters. The van der Waals surface area contributed by atoms with Crippen LogP contribution in [-0.4, -0.2) is 24.5 Å². The van der Waals surface area contributed by atoms with Crippen molar-refractivity contribution in [1.82, 2.24) is 4.31 Å². The molecule has 2 N–H and O–H groups in total. The SMILES string of the molecule is CCN(Cc1ccccc1CN)S(=O)(=O)C(C)C. The molecule has 0 heterocycles. The van der Waals surface area contributed by atoms with E-state index in [-0.39, 0.29) is 0 Å². The highest BCUT2D eigenvalue weighted by atomic mass is 32.2. The fourth-order valence-corrected chi connectivity index (χ4v) is 3.06. The van der Waals surface area contributed by atoms with Gasteiger partial charge in [-0.25, -0.2) is 8.42 Å². The second-order valence-corrected chi connectivity index (χ2v) is 6.98. The first-order chi connectivity index (χ1) is 8.43. The van der Waals surface area contributed by atoms with Gasteiger partial charge in [0.05, 0.1) is 5.25 Å². The molecule has 0 radical (unpaired) electrons. The lowest BCUT2D eigenvalue weighted by atomic mass is 10.1. The Kier molecular flexibility index (Phi) is 5.31. The molecule has 0 unspecified atom stereocenters. The molecule has 0 aromatic heterocycles. The molecule has 4 nitrogen and oxygen atoms in total. The number of nitrogens with two attached hydrogens (primary N) is 1. The smallest absolute Gasteiger partial charge is 0.216 e. The Hall–Kier alpha value is -0.910. The first-order valence-corrected chi connectivity index (χ1v) is 7.69. The van der Waals surface area contributed by atoms with Crippen molar-refractivity contribution >= 4 is 10.0 Å². The van der Waals surface area contributed by atoms with E-state index in [0.717, 1.165) is 11.1 Å². The molecule has 0 saturated heterocycles. The maximum absolute atomic E-state index is 12.2. The van der Waals surface area contributed by atoms with Crippen molar-refractivity contribution in [2.45, 2.75) is 39.1 Å². The zero-order valence-electron chi connectivity index (χ0n) is 11.3. The summed E-state index contributed by atoms with van der Waals surface area (Å²) in [5.41, 5.74) is 7.64. The van der Waals surface area contributed by atoms with E-state index < -0.39 is 15.3 Å². The lowest BCUT2D eigenvalue weighted by molar-refractivity contribution is 0.417. The first-order valence-electron chi connectivity index (χ1n) is 6.19. The van der Waals surface area contributed by atoms with Crippen LogP contribution in [0.3, 0.4) is 0 Å². The summed E-state index contributed by atoms with van der Waals surface area (Å²) < 4.78 is 25.8. The summed E-state index contributed by atoms with van der Waals surface area (Å²) in [6, 6.07) is 7.69. The van der Waals surface area contributed by atoms with Crippen LogP contribution >= 0.6 is 0 Å². The average molecular weight is 270 g/mol. The van der Waals surface area contributed by atoms with Crippen molar-refractivity contribution in [3.8, 4) is 0 Å². The van der Waals surface area contributed by atoms with Gasteiger partial charge in [0.15, 0.2) is 0 Å². The van der Waals surface area contributed by atoms with Crippen LogP contribution in [0.15, 0.2) is 24.3 Å². The van der Waals surface area contributed by atoms with E-state index in [1.54, 1.807) is 13.8 Å². The standard InChI is InChI=1S/C13H22N2O2S/c1-4-15(18(16,17)11(2)3)10-13-8-6-5-7-12(13)9-14/h5-8,11H,4,9-10,14H2,1-3H3. The number of hydrogen-bond acceptors (Lipinski definition) is 3. The summed E-state index contributed by atoms with van der Waals surface area (Å²) in [5, 5.41) is -0.400. The number of sulfonamides is 1. The van der Waals surface area contributed by atoms with Gasteiger partial charge in [-0.2, -0.15) is 4.31 Å². The first kappa shape index (κ1) is 15.1. The van der Waals surface area contributed by atoms with Crippen molar-refractivity contribution in [3.63, 3.8) is 0 Å². The topological polar surface area (TPSA) is 63.4 Å². The molecule has 0 aliphatic rings. The van der Waals surface area contributed by atoms with Crippen LogP contribution < -0.4 is 5.73 Å². The minimum Gasteiger partial charge on any atom is -0.326 e. The minimum atomic E-state index is -3.22. The Morgan fingerprint density at radius 2 is 1.78 bits per heavy atom. The zero-order valence-corrected chi connectivity index (χ0v) is 12.1. The van der Waals surface area contributed by atoms with Crippen LogP contribution in [0.4, 0.5) is 0 Å². The van der Waals surface area contributed by atoms with Gasteiger partial charge in [-0.15, -0.1) is 0 Å². The van der Waals surface area contributed by atoms with Crippen molar-refractivity contribution in [2.75, 3.05) is 6.54 Å². The molecule has 18 heavy (non-hydrogen) atoms. The quantitative estimate of drug-likeness (QED) is 0.856. The third-order valence-electron chi connectivity index (χ3n) is 2.99. The van der Waals surface area contributed by atoms with Gasteiger partial charge >= 0.3 is 0 Å². The molecule has 0 bridgehead atoms. The van der Waals surface area contributed by atoms with Crippen LogP contribution in [0, 0.1) is 0 Å². The predicted molar refractivity (Wildman–Crippen MR) is 74.5 cm³/mol. The van der Waals surface area contributed by atoms with Gasteiger partial charge in [-0.1, -0.05) is 31.2 Å². The third-order valence-corrected chi connectivity index (χ3v) is 5.29. The molecule has 1 aromatic rings. The summed E-state index contributed by atoms with van der Waals surface area (Å²) in [4.78, 5) is 0. The Morgan fingerprint density at radius 1 is 1.22 bits per heavy atom. The number of rotatable bonds is 6. The number of hydrogen-bond donors (Lipinski definition) is 1. The molecule has 1 rings (SSSR count). The molecule has 0 aliphatic carbocycles. The molecule has 0 amide bonds. The summed E-state index contributed by atoms with van der Waals surface area (Å²) in [5.74, 6) is 0. The molecule has 0 aliphatic heterocycles. The summed E-state index contributed by atoms with van der Waals surface area (Å²) in [7, 11) is -3.22. The molecular formula is C13H22N2O2S. The average Bonchev–Trinajstić information content (AvgIpc) is 2.35. The lowest BCUT2D eigenvalue weighted by Gasteiger charge is -2.23. The highest BCUT2D eigenvalue weighted by Gasteiger charge is 2.24. The largest absolute Gasteiger partial charge is 0.326 e. The van der Waals surface area contributed by atoms with Crippen molar-refractivity contribution in [3.05, 3.63) is 35.4 Å². The van der Waals surface area contributed by atoms with E-state index in [2.05, 4.69) is 0 Å². The monoisotopic (exact) mass is 270 g/mol. The van der Waals surface area contributed by atoms with Gasteiger partial charge in [-0.05, 0) is 25.0 Å². The van der Waals surface area contributed by atoms with Crippen molar-refractivity contribution in [1.29, 1.82) is 0 Å². The highest BCUT2D eigenvalue weighted by molar-refractivity contribution is 7.89. The van der Waals surface area contributed by atoms with Crippen LogP contribution in [0.2, 0.25) is 0 Å². The Balaban J connectivity index is 3.00. The van der Waals surface area contributed by atoms with Gasteiger partial charge in [0.1, 0.15) is 0 Å². The van der Waals surface area contributed by atoms with E-state index in [9.17, 15) is 8.42 Å². The van der Waals surface area contributed by atoms with Crippen LogP contribution in [0.5, 0.6) is 0 Å². The summed E-state index contributed by atoms with van der Waals surface area (Å²) >= 11 is 0. The van der Waals surface area contributed by atoms with Gasteiger partial charge in [0.25, 0.3) is 0 Å². The molecule has 0 fully saturated rings. The third kappa shape index (κ3) is 3.31. The number of benzene rings is 1. The van der Waals surface area contributed by atoms with E-state index in [1.807, 2.05) is 31.2 Å². The number of nitrogens with zero attached hydrogens (tertiary/aromatic N) is 1.